The van der Waals surface area contributed by atoms with Gasteiger partial charge in [0, 0.05) is 6.07 Å². The summed E-state index contributed by atoms with van der Waals surface area (Å²) in [5, 5.41) is 16.2. The van der Waals surface area contributed by atoms with Crippen molar-refractivity contribution in [3.8, 4) is 22.3 Å². The predicted molar refractivity (Wildman–Crippen MR) is 119 cm³/mol. The van der Waals surface area contributed by atoms with Crippen LogP contribution in [-0.4, -0.2) is 4.92 Å². The zero-order valence-electron chi connectivity index (χ0n) is 15.6. The molecular weight excluding hydrogens is 358 g/mol. The molecule has 0 spiro atoms. The second-order valence-electron chi connectivity index (χ2n) is 7.01. The molecule has 0 amide bonds. The fourth-order valence-electron chi connectivity index (χ4n) is 4.10. The van der Waals surface area contributed by atoms with Gasteiger partial charge in [0.25, 0.3) is 5.69 Å². The average molecular weight is 375 g/mol. The van der Waals surface area contributed by atoms with Gasteiger partial charge in [0.1, 0.15) is 0 Å². The van der Waals surface area contributed by atoms with Gasteiger partial charge in [-0.3, -0.25) is 10.1 Å². The molecule has 5 aromatic carbocycles. The minimum absolute atomic E-state index is 0.117. The second kappa shape index (κ2) is 6.88. The Morgan fingerprint density at radius 1 is 0.517 bits per heavy atom. The van der Waals surface area contributed by atoms with Gasteiger partial charge in [0.2, 0.25) is 0 Å². The summed E-state index contributed by atoms with van der Waals surface area (Å²) in [5.41, 5.74) is 3.51. The summed E-state index contributed by atoms with van der Waals surface area (Å²) in [4.78, 5) is 11.7. The Hall–Kier alpha value is -3.98. The maximum atomic E-state index is 12.0. The van der Waals surface area contributed by atoms with Gasteiger partial charge < -0.3 is 0 Å². The molecule has 0 aliphatic carbocycles. The van der Waals surface area contributed by atoms with Crippen LogP contribution >= 0.6 is 0 Å². The maximum Gasteiger partial charge on any atom is 0.277 e. The number of nitrogens with zero attached hydrogens (tertiary/aromatic N) is 1. The molecule has 0 unspecified atom stereocenters. The van der Waals surface area contributed by atoms with Gasteiger partial charge in [-0.1, -0.05) is 97.1 Å². The molecule has 0 N–H and O–H groups in total. The SMILES string of the molecule is O=[N+]([O-])c1cccc(-c2cccc3ccccc23)c1-c1cccc2ccccc12. The summed E-state index contributed by atoms with van der Waals surface area (Å²) < 4.78 is 0. The monoisotopic (exact) mass is 375 g/mol. The standard InChI is InChI=1S/C26H17NO2/c28-27(29)25-17-7-16-24(22-14-5-10-18-8-1-3-12-20(18)22)26(25)23-15-6-11-19-9-2-4-13-21(19)23/h1-17H. The first-order valence-electron chi connectivity index (χ1n) is 9.48. The number of benzene rings is 5. The molecule has 0 saturated carbocycles. The molecule has 0 saturated heterocycles. The molecule has 0 heterocycles. The highest BCUT2D eigenvalue weighted by Gasteiger charge is 2.22. The Morgan fingerprint density at radius 2 is 1.00 bits per heavy atom. The molecule has 0 aromatic heterocycles. The highest BCUT2D eigenvalue weighted by atomic mass is 16.6. The van der Waals surface area contributed by atoms with Crippen LogP contribution in [0.25, 0.3) is 43.8 Å². The number of rotatable bonds is 3. The Balaban J connectivity index is 1.92. The Morgan fingerprint density at radius 3 is 1.66 bits per heavy atom. The van der Waals surface area contributed by atoms with Crippen molar-refractivity contribution in [1.29, 1.82) is 0 Å². The third kappa shape index (κ3) is 2.84. The lowest BCUT2D eigenvalue weighted by atomic mass is 9.88. The van der Waals surface area contributed by atoms with E-state index in [0.717, 1.165) is 38.2 Å². The van der Waals surface area contributed by atoms with E-state index in [1.54, 1.807) is 12.1 Å². The average Bonchev–Trinajstić information content (AvgIpc) is 2.78. The zero-order valence-corrected chi connectivity index (χ0v) is 15.6. The predicted octanol–water partition coefficient (Wildman–Crippen LogP) is 7.24. The molecule has 29 heavy (non-hydrogen) atoms. The lowest BCUT2D eigenvalue weighted by molar-refractivity contribution is -0.384. The topological polar surface area (TPSA) is 43.1 Å². The van der Waals surface area contributed by atoms with Gasteiger partial charge in [-0.15, -0.1) is 0 Å². The number of hydrogen-bond donors (Lipinski definition) is 0. The minimum Gasteiger partial charge on any atom is -0.258 e. The summed E-state index contributed by atoms with van der Waals surface area (Å²) in [7, 11) is 0. The Kier molecular flexibility index (Phi) is 4.07. The van der Waals surface area contributed by atoms with E-state index in [4.69, 9.17) is 0 Å². The number of nitro groups is 1. The number of nitro benzene ring substituents is 1. The van der Waals surface area contributed by atoms with Gasteiger partial charge in [0.05, 0.1) is 10.5 Å². The molecule has 3 nitrogen and oxygen atoms in total. The Bertz CT molecular complexity index is 1380. The maximum absolute atomic E-state index is 12.0. The van der Waals surface area contributed by atoms with E-state index in [-0.39, 0.29) is 10.6 Å². The zero-order chi connectivity index (χ0) is 19.8. The summed E-state index contributed by atoms with van der Waals surface area (Å²) in [6.07, 6.45) is 0. The molecule has 0 aliphatic rings. The first-order chi connectivity index (χ1) is 14.2. The van der Waals surface area contributed by atoms with E-state index in [2.05, 4.69) is 18.2 Å². The largest absolute Gasteiger partial charge is 0.277 e. The van der Waals surface area contributed by atoms with Crippen LogP contribution in [0.3, 0.4) is 0 Å². The van der Waals surface area contributed by atoms with Crippen LogP contribution in [0.2, 0.25) is 0 Å². The summed E-state index contributed by atoms with van der Waals surface area (Å²) in [6, 6.07) is 33.5. The molecule has 0 aliphatic heterocycles. The fourth-order valence-corrected chi connectivity index (χ4v) is 4.10. The van der Waals surface area contributed by atoms with Gasteiger partial charge >= 0.3 is 0 Å². The van der Waals surface area contributed by atoms with E-state index in [0.29, 0.717) is 5.56 Å². The van der Waals surface area contributed by atoms with Crippen molar-refractivity contribution in [1.82, 2.24) is 0 Å². The number of hydrogen-bond acceptors (Lipinski definition) is 2. The van der Waals surface area contributed by atoms with Gasteiger partial charge in [-0.05, 0) is 38.2 Å². The second-order valence-corrected chi connectivity index (χ2v) is 7.01. The van der Waals surface area contributed by atoms with Crippen LogP contribution in [0.4, 0.5) is 5.69 Å². The van der Waals surface area contributed by atoms with E-state index < -0.39 is 0 Å². The highest BCUT2D eigenvalue weighted by molar-refractivity contribution is 6.07. The van der Waals surface area contributed by atoms with E-state index >= 15 is 0 Å². The lowest BCUT2D eigenvalue weighted by Gasteiger charge is -2.15. The molecule has 0 bridgehead atoms. The molecule has 0 radical (unpaired) electrons. The van der Waals surface area contributed by atoms with Crippen LogP contribution in [0.15, 0.2) is 103 Å². The van der Waals surface area contributed by atoms with Crippen LogP contribution in [-0.2, 0) is 0 Å². The van der Waals surface area contributed by atoms with Gasteiger partial charge in [-0.25, -0.2) is 0 Å². The van der Waals surface area contributed by atoms with Crippen molar-refractivity contribution in [3.63, 3.8) is 0 Å². The molecule has 5 aromatic rings. The van der Waals surface area contributed by atoms with Gasteiger partial charge in [0.15, 0.2) is 0 Å². The smallest absolute Gasteiger partial charge is 0.258 e. The first kappa shape index (κ1) is 17.1. The van der Waals surface area contributed by atoms with Crippen LogP contribution in [0.1, 0.15) is 0 Å². The van der Waals surface area contributed by atoms with Gasteiger partial charge in [-0.2, -0.15) is 0 Å². The lowest BCUT2D eigenvalue weighted by Crippen LogP contribution is -1.96. The highest BCUT2D eigenvalue weighted by Crippen LogP contribution is 2.43. The third-order valence-corrected chi connectivity index (χ3v) is 5.38. The van der Waals surface area contributed by atoms with Crippen molar-refractivity contribution >= 4 is 27.2 Å². The van der Waals surface area contributed by atoms with Crippen LogP contribution in [0, 0.1) is 10.1 Å². The quantitative estimate of drug-likeness (QED) is 0.246. The first-order valence-corrected chi connectivity index (χ1v) is 9.48. The summed E-state index contributed by atoms with van der Waals surface area (Å²) in [5.74, 6) is 0. The minimum atomic E-state index is -0.286. The molecule has 3 heteroatoms. The van der Waals surface area contributed by atoms with Crippen LogP contribution in [0.5, 0.6) is 0 Å². The van der Waals surface area contributed by atoms with E-state index in [1.165, 1.54) is 0 Å². The van der Waals surface area contributed by atoms with Crippen molar-refractivity contribution in [2.24, 2.45) is 0 Å². The molecule has 0 fully saturated rings. The summed E-state index contributed by atoms with van der Waals surface area (Å²) >= 11 is 0. The normalized spacial score (nSPS) is 11.0. The van der Waals surface area contributed by atoms with Crippen molar-refractivity contribution < 1.29 is 4.92 Å². The van der Waals surface area contributed by atoms with Crippen molar-refractivity contribution in [3.05, 3.63) is 113 Å². The fraction of sp³-hybridized carbons (Fsp3) is 0. The van der Waals surface area contributed by atoms with Crippen molar-refractivity contribution in [2.75, 3.05) is 0 Å². The third-order valence-electron chi connectivity index (χ3n) is 5.38. The number of fused-ring (bicyclic) bond motifs is 2. The van der Waals surface area contributed by atoms with E-state index in [1.807, 2.05) is 72.8 Å². The Labute approximate surface area is 168 Å². The molecule has 138 valence electrons. The van der Waals surface area contributed by atoms with Crippen LogP contribution < -0.4 is 0 Å². The summed E-state index contributed by atoms with van der Waals surface area (Å²) in [6.45, 7) is 0. The molecular formula is C26H17NO2. The van der Waals surface area contributed by atoms with E-state index in [9.17, 15) is 10.1 Å². The molecule has 5 rings (SSSR count). The van der Waals surface area contributed by atoms with Crippen molar-refractivity contribution in [2.45, 2.75) is 0 Å². The molecule has 0 atom stereocenters.